The van der Waals surface area contributed by atoms with Crippen LogP contribution in [0.1, 0.15) is 12.8 Å². The lowest BCUT2D eigenvalue weighted by molar-refractivity contribution is -0.140. The van der Waals surface area contributed by atoms with E-state index in [-0.39, 0.29) is 29.9 Å². The molecule has 6 nitrogen and oxygen atoms in total. The van der Waals surface area contributed by atoms with E-state index in [1.165, 1.54) is 23.5 Å². The van der Waals surface area contributed by atoms with Crippen molar-refractivity contribution in [3.8, 4) is 11.5 Å². The molecule has 0 unspecified atom stereocenters. The minimum absolute atomic E-state index is 0.213. The van der Waals surface area contributed by atoms with Gasteiger partial charge in [-0.3, -0.25) is 4.79 Å². The van der Waals surface area contributed by atoms with Gasteiger partial charge in [0.05, 0.1) is 17.9 Å². The maximum Gasteiger partial charge on any atom is 0.314 e. The number of rotatable bonds is 5. The predicted molar refractivity (Wildman–Crippen MR) is 102 cm³/mol. The summed E-state index contributed by atoms with van der Waals surface area (Å²) in [6.07, 6.45) is 0.837. The lowest BCUT2D eigenvalue weighted by Crippen LogP contribution is -2.41. The molecule has 0 bridgehead atoms. The first-order valence-electron chi connectivity index (χ1n) is 8.51. The van der Waals surface area contributed by atoms with E-state index in [1.54, 1.807) is 36.4 Å². The molecule has 1 aliphatic rings. The fourth-order valence-corrected chi connectivity index (χ4v) is 4.53. The molecule has 2 aromatic carbocycles. The summed E-state index contributed by atoms with van der Waals surface area (Å²) < 4.78 is 37.3. The summed E-state index contributed by atoms with van der Waals surface area (Å²) in [6.45, 7) is 0.545. The second-order valence-corrected chi connectivity index (χ2v) is 8.60. The normalized spacial score (nSPS) is 16.1. The first kappa shape index (κ1) is 19.7. The Morgan fingerprint density at radius 3 is 2.11 bits per heavy atom. The van der Waals surface area contributed by atoms with Crippen molar-refractivity contribution in [3.05, 3.63) is 53.6 Å². The zero-order valence-electron chi connectivity index (χ0n) is 14.8. The molecule has 0 spiro atoms. The molecule has 0 amide bonds. The molecule has 3 rings (SSSR count). The summed E-state index contributed by atoms with van der Waals surface area (Å²) >= 11 is 5.81. The van der Waals surface area contributed by atoms with Crippen molar-refractivity contribution in [1.82, 2.24) is 4.31 Å². The minimum atomic E-state index is -3.59. The Bertz CT molecular complexity index is 889. The fourth-order valence-electron chi connectivity index (χ4n) is 2.93. The molecule has 144 valence electrons. The second-order valence-electron chi connectivity index (χ2n) is 6.23. The maximum atomic E-state index is 12.7. The highest BCUT2D eigenvalue weighted by atomic mass is 35.5. The molecule has 0 aliphatic carbocycles. The van der Waals surface area contributed by atoms with Crippen LogP contribution in [0, 0.1) is 5.92 Å². The van der Waals surface area contributed by atoms with E-state index in [0.717, 1.165) is 0 Å². The van der Waals surface area contributed by atoms with Gasteiger partial charge in [0.2, 0.25) is 10.0 Å². The number of ether oxygens (including phenoxy) is 2. The van der Waals surface area contributed by atoms with Gasteiger partial charge in [-0.1, -0.05) is 11.6 Å². The zero-order valence-corrected chi connectivity index (χ0v) is 16.4. The molecule has 0 atom stereocenters. The summed E-state index contributed by atoms with van der Waals surface area (Å²) in [5.74, 6) is 0.345. The van der Waals surface area contributed by atoms with E-state index in [2.05, 4.69) is 0 Å². The number of esters is 1. The van der Waals surface area contributed by atoms with Crippen LogP contribution in [-0.4, -0.2) is 38.9 Å². The van der Waals surface area contributed by atoms with Crippen LogP contribution in [0.2, 0.25) is 5.02 Å². The highest BCUT2D eigenvalue weighted by molar-refractivity contribution is 7.89. The number of benzene rings is 2. The Morgan fingerprint density at radius 2 is 1.56 bits per heavy atom. The SMILES string of the molecule is COc1ccc(S(=O)(=O)N2CCC(C(=O)Oc3ccc(Cl)cc3)CC2)cc1. The van der Waals surface area contributed by atoms with E-state index < -0.39 is 10.0 Å². The molecule has 0 radical (unpaired) electrons. The monoisotopic (exact) mass is 409 g/mol. The van der Waals surface area contributed by atoms with E-state index in [9.17, 15) is 13.2 Å². The number of sulfonamides is 1. The average Bonchev–Trinajstić information content (AvgIpc) is 2.70. The largest absolute Gasteiger partial charge is 0.497 e. The summed E-state index contributed by atoms with van der Waals surface area (Å²) in [6, 6.07) is 12.8. The Kier molecular flexibility index (Phi) is 6.04. The number of hydrogen-bond acceptors (Lipinski definition) is 5. The van der Waals surface area contributed by atoms with Crippen LogP contribution in [0.4, 0.5) is 0 Å². The molecule has 0 N–H and O–H groups in total. The van der Waals surface area contributed by atoms with Gasteiger partial charge >= 0.3 is 5.97 Å². The van der Waals surface area contributed by atoms with Crippen molar-refractivity contribution in [2.75, 3.05) is 20.2 Å². The van der Waals surface area contributed by atoms with Crippen molar-refractivity contribution < 1.29 is 22.7 Å². The third-order valence-corrected chi connectivity index (χ3v) is 6.68. The van der Waals surface area contributed by atoms with Gasteiger partial charge in [0.25, 0.3) is 0 Å². The Labute approximate surface area is 163 Å². The van der Waals surface area contributed by atoms with Gasteiger partial charge in [0, 0.05) is 18.1 Å². The van der Waals surface area contributed by atoms with Crippen LogP contribution in [0.3, 0.4) is 0 Å². The van der Waals surface area contributed by atoms with Crippen LogP contribution in [0.25, 0.3) is 0 Å². The van der Waals surface area contributed by atoms with Crippen molar-refractivity contribution in [2.45, 2.75) is 17.7 Å². The van der Waals surface area contributed by atoms with Crippen LogP contribution >= 0.6 is 11.6 Å². The van der Waals surface area contributed by atoms with Crippen LogP contribution in [-0.2, 0) is 14.8 Å². The van der Waals surface area contributed by atoms with Gasteiger partial charge in [0.1, 0.15) is 11.5 Å². The second kappa shape index (κ2) is 8.29. The van der Waals surface area contributed by atoms with Gasteiger partial charge in [0.15, 0.2) is 0 Å². The Morgan fingerprint density at radius 1 is 1.00 bits per heavy atom. The molecule has 2 aromatic rings. The van der Waals surface area contributed by atoms with Crippen molar-refractivity contribution in [1.29, 1.82) is 0 Å². The summed E-state index contributed by atoms with van der Waals surface area (Å²) in [4.78, 5) is 12.5. The van der Waals surface area contributed by atoms with Gasteiger partial charge in [-0.25, -0.2) is 8.42 Å². The molecular formula is C19H20ClNO5S. The lowest BCUT2D eigenvalue weighted by atomic mass is 9.98. The predicted octanol–water partition coefficient (Wildman–Crippen LogP) is 3.35. The molecule has 1 aliphatic heterocycles. The van der Waals surface area contributed by atoms with E-state index in [0.29, 0.717) is 29.4 Å². The lowest BCUT2D eigenvalue weighted by Gasteiger charge is -2.30. The van der Waals surface area contributed by atoms with Gasteiger partial charge in [-0.15, -0.1) is 0 Å². The number of hydrogen-bond donors (Lipinski definition) is 0. The van der Waals surface area contributed by atoms with E-state index in [4.69, 9.17) is 21.1 Å². The maximum absolute atomic E-state index is 12.7. The molecule has 1 heterocycles. The standard InChI is InChI=1S/C19H20ClNO5S/c1-25-16-6-8-18(9-7-16)27(23,24)21-12-10-14(11-13-21)19(22)26-17-4-2-15(20)3-5-17/h2-9,14H,10-13H2,1H3. The van der Waals surface area contributed by atoms with Crippen molar-refractivity contribution >= 4 is 27.6 Å². The number of halogens is 1. The summed E-state index contributed by atoms with van der Waals surface area (Å²) in [5.41, 5.74) is 0. The zero-order chi connectivity index (χ0) is 19.4. The van der Waals surface area contributed by atoms with E-state index in [1.807, 2.05) is 0 Å². The number of methoxy groups -OCH3 is 1. The molecule has 0 aromatic heterocycles. The molecule has 0 saturated carbocycles. The molecule has 1 fully saturated rings. The summed E-state index contributed by atoms with van der Waals surface area (Å²) in [5, 5.41) is 0.562. The molecule has 27 heavy (non-hydrogen) atoms. The smallest absolute Gasteiger partial charge is 0.314 e. The average molecular weight is 410 g/mol. The Hall–Kier alpha value is -2.09. The topological polar surface area (TPSA) is 72.9 Å². The highest BCUT2D eigenvalue weighted by Gasteiger charge is 2.33. The van der Waals surface area contributed by atoms with Gasteiger partial charge in [-0.05, 0) is 61.4 Å². The highest BCUT2D eigenvalue weighted by Crippen LogP contribution is 2.26. The van der Waals surface area contributed by atoms with E-state index >= 15 is 0 Å². The third-order valence-electron chi connectivity index (χ3n) is 4.52. The quantitative estimate of drug-likeness (QED) is 0.559. The summed E-state index contributed by atoms with van der Waals surface area (Å²) in [7, 11) is -2.06. The van der Waals surface area contributed by atoms with Gasteiger partial charge in [-0.2, -0.15) is 4.31 Å². The molecule has 1 saturated heterocycles. The first-order chi connectivity index (χ1) is 12.9. The van der Waals surface area contributed by atoms with Crippen molar-refractivity contribution in [3.63, 3.8) is 0 Å². The number of piperidine rings is 1. The fraction of sp³-hybridized carbons (Fsp3) is 0.316. The van der Waals surface area contributed by atoms with Crippen molar-refractivity contribution in [2.24, 2.45) is 5.92 Å². The molecular weight excluding hydrogens is 390 g/mol. The van der Waals surface area contributed by atoms with Crippen LogP contribution < -0.4 is 9.47 Å². The van der Waals surface area contributed by atoms with Gasteiger partial charge < -0.3 is 9.47 Å². The molecule has 8 heteroatoms. The minimum Gasteiger partial charge on any atom is -0.497 e. The Balaban J connectivity index is 1.60. The number of nitrogens with zero attached hydrogens (tertiary/aromatic N) is 1. The number of carbonyl (C=O) groups excluding carboxylic acids is 1. The van der Waals surface area contributed by atoms with Crippen LogP contribution in [0.15, 0.2) is 53.4 Å². The first-order valence-corrected chi connectivity index (χ1v) is 10.3. The third kappa shape index (κ3) is 4.61. The van der Waals surface area contributed by atoms with Crippen LogP contribution in [0.5, 0.6) is 11.5 Å². The number of carbonyl (C=O) groups is 1.